The number of rotatable bonds is 10. The highest BCUT2D eigenvalue weighted by Crippen LogP contribution is 2.09. The number of aryl methyl sites for hydroxylation is 1. The molecular formula is C16H23IN2O2S. The van der Waals surface area contributed by atoms with Crippen LogP contribution in [-0.2, 0) is 11.2 Å². The van der Waals surface area contributed by atoms with E-state index in [4.69, 9.17) is 23.1 Å². The molecule has 22 heavy (non-hydrogen) atoms. The van der Waals surface area contributed by atoms with Gasteiger partial charge in [-0.1, -0.05) is 24.4 Å². The Balaban J connectivity index is 2.04. The first-order valence-electron chi connectivity index (χ1n) is 7.48. The van der Waals surface area contributed by atoms with Crippen molar-refractivity contribution in [1.29, 1.82) is 0 Å². The van der Waals surface area contributed by atoms with E-state index < -0.39 is 12.0 Å². The number of hydrogen-bond donors (Lipinski definition) is 3. The molecule has 4 nitrogen and oxygen atoms in total. The number of carbonyl (C=O) groups is 1. The molecule has 4 N–H and O–H groups in total. The highest BCUT2D eigenvalue weighted by atomic mass is 125. The Morgan fingerprint density at radius 2 is 1.95 bits per heavy atom. The average Bonchev–Trinajstić information content (AvgIpc) is 2.48. The van der Waals surface area contributed by atoms with E-state index >= 15 is 0 Å². The van der Waals surface area contributed by atoms with Gasteiger partial charge in [0.15, 0.2) is 0 Å². The molecule has 0 saturated carbocycles. The van der Waals surface area contributed by atoms with Gasteiger partial charge in [0, 0.05) is 10.1 Å². The minimum atomic E-state index is -0.931. The summed E-state index contributed by atoms with van der Waals surface area (Å²) in [4.78, 5) is 11.4. The molecular weight excluding hydrogens is 409 g/mol. The lowest BCUT2D eigenvalue weighted by atomic mass is 10.1. The van der Waals surface area contributed by atoms with Crippen LogP contribution in [0.3, 0.4) is 0 Å². The minimum absolute atomic E-state index is 0.510. The van der Waals surface area contributed by atoms with Crippen LogP contribution in [0.4, 0.5) is 0 Å². The zero-order valence-corrected chi connectivity index (χ0v) is 15.5. The number of benzene rings is 1. The van der Waals surface area contributed by atoms with Gasteiger partial charge in [0.1, 0.15) is 6.04 Å². The lowest BCUT2D eigenvalue weighted by Crippen LogP contribution is -2.30. The molecule has 6 heteroatoms. The van der Waals surface area contributed by atoms with Gasteiger partial charge in [0.05, 0.1) is 4.99 Å². The molecule has 0 aliphatic rings. The van der Waals surface area contributed by atoms with Crippen molar-refractivity contribution in [3.8, 4) is 0 Å². The molecule has 0 radical (unpaired) electrons. The molecule has 0 aromatic heterocycles. The Kier molecular flexibility index (Phi) is 9.58. The molecule has 0 aliphatic carbocycles. The highest BCUT2D eigenvalue weighted by Gasteiger charge is 2.09. The Morgan fingerprint density at radius 1 is 1.27 bits per heavy atom. The summed E-state index contributed by atoms with van der Waals surface area (Å²) >= 11 is 7.60. The van der Waals surface area contributed by atoms with Crippen molar-refractivity contribution in [1.82, 2.24) is 5.32 Å². The summed E-state index contributed by atoms with van der Waals surface area (Å²) in [7, 11) is 0. The summed E-state index contributed by atoms with van der Waals surface area (Å²) < 4.78 is 1.25. The van der Waals surface area contributed by atoms with Gasteiger partial charge in [-0.25, -0.2) is 0 Å². The lowest BCUT2D eigenvalue weighted by Gasteiger charge is -2.09. The summed E-state index contributed by atoms with van der Waals surface area (Å²) in [6, 6.07) is 7.80. The summed E-state index contributed by atoms with van der Waals surface area (Å²) in [5, 5.41) is 11.9. The van der Waals surface area contributed by atoms with Gasteiger partial charge in [0.2, 0.25) is 0 Å². The van der Waals surface area contributed by atoms with E-state index in [0.29, 0.717) is 6.42 Å². The SMILES string of the molecule is N[C@@H](CCCCNC(=S)CCCc1ccc([125I])cc1)C(=O)O. The Hall–Kier alpha value is -0.730. The molecule has 0 heterocycles. The first-order chi connectivity index (χ1) is 10.5. The number of thiocarbonyl (C=S) groups is 1. The Labute approximate surface area is 151 Å². The number of unbranched alkanes of at least 4 members (excludes halogenated alkanes) is 1. The predicted molar refractivity (Wildman–Crippen MR) is 102 cm³/mol. The van der Waals surface area contributed by atoms with Crippen molar-refractivity contribution < 1.29 is 9.90 Å². The van der Waals surface area contributed by atoms with Crippen molar-refractivity contribution in [3.05, 3.63) is 33.4 Å². The number of nitrogens with two attached hydrogens (primary N) is 1. The lowest BCUT2D eigenvalue weighted by molar-refractivity contribution is -0.138. The molecule has 1 aromatic carbocycles. The van der Waals surface area contributed by atoms with Crippen molar-refractivity contribution in [2.75, 3.05) is 6.54 Å². The molecule has 0 saturated heterocycles. The van der Waals surface area contributed by atoms with Crippen molar-refractivity contribution >= 4 is 45.8 Å². The molecule has 0 unspecified atom stereocenters. The highest BCUT2D eigenvalue weighted by molar-refractivity contribution is 14.1. The van der Waals surface area contributed by atoms with Crippen molar-refractivity contribution in [2.24, 2.45) is 5.73 Å². The maximum absolute atomic E-state index is 10.6. The third kappa shape index (κ3) is 8.65. The van der Waals surface area contributed by atoms with Crippen LogP contribution in [0, 0.1) is 3.57 Å². The first kappa shape index (κ1) is 19.3. The van der Waals surface area contributed by atoms with Crippen LogP contribution in [0.5, 0.6) is 0 Å². The van der Waals surface area contributed by atoms with Gasteiger partial charge in [-0.3, -0.25) is 4.79 Å². The largest absolute Gasteiger partial charge is 0.480 e. The van der Waals surface area contributed by atoms with E-state index in [1.165, 1.54) is 9.13 Å². The Morgan fingerprint density at radius 3 is 2.59 bits per heavy atom. The van der Waals surface area contributed by atoms with E-state index in [9.17, 15) is 4.79 Å². The summed E-state index contributed by atoms with van der Waals surface area (Å²) in [6.45, 7) is 0.786. The topological polar surface area (TPSA) is 75.3 Å². The zero-order chi connectivity index (χ0) is 16.4. The molecule has 0 aliphatic heterocycles. The number of carboxylic acid groups (broad SMARTS) is 1. The molecule has 0 bridgehead atoms. The molecule has 122 valence electrons. The van der Waals surface area contributed by atoms with Crippen molar-refractivity contribution in [3.63, 3.8) is 0 Å². The zero-order valence-electron chi connectivity index (χ0n) is 12.6. The second-order valence-electron chi connectivity index (χ2n) is 5.27. The third-order valence-electron chi connectivity index (χ3n) is 3.36. The van der Waals surface area contributed by atoms with E-state index in [2.05, 4.69) is 52.2 Å². The van der Waals surface area contributed by atoms with E-state index in [1.807, 2.05) is 0 Å². The van der Waals surface area contributed by atoms with E-state index in [0.717, 1.165) is 43.6 Å². The number of hydrogen-bond acceptors (Lipinski definition) is 3. The number of carboxylic acids is 1. The maximum atomic E-state index is 10.6. The fraction of sp³-hybridized carbons (Fsp3) is 0.500. The van der Waals surface area contributed by atoms with Crippen LogP contribution in [0.2, 0.25) is 0 Å². The number of nitrogens with one attached hydrogen (secondary N) is 1. The fourth-order valence-electron chi connectivity index (χ4n) is 2.03. The molecule has 1 aromatic rings. The monoisotopic (exact) mass is 432 g/mol. The maximum Gasteiger partial charge on any atom is 0.320 e. The second-order valence-corrected chi connectivity index (χ2v) is 7.01. The van der Waals surface area contributed by atoms with Crippen LogP contribution in [0.15, 0.2) is 24.3 Å². The van der Waals surface area contributed by atoms with Crippen LogP contribution < -0.4 is 11.1 Å². The van der Waals surface area contributed by atoms with Gasteiger partial charge < -0.3 is 16.2 Å². The van der Waals surface area contributed by atoms with Gasteiger partial charge in [0.25, 0.3) is 0 Å². The van der Waals surface area contributed by atoms with Gasteiger partial charge >= 0.3 is 5.97 Å². The molecule has 1 atom stereocenters. The summed E-state index contributed by atoms with van der Waals surface area (Å²) in [5.41, 5.74) is 6.78. The van der Waals surface area contributed by atoms with Crippen LogP contribution in [0.25, 0.3) is 0 Å². The normalized spacial score (nSPS) is 11.9. The molecule has 0 amide bonds. The third-order valence-corrected chi connectivity index (χ3v) is 4.43. The molecule has 1 rings (SSSR count). The van der Waals surface area contributed by atoms with Crippen LogP contribution in [0.1, 0.15) is 37.7 Å². The minimum Gasteiger partial charge on any atom is -0.480 e. The summed E-state index contributed by atoms with van der Waals surface area (Å²) in [6.07, 6.45) is 5.15. The molecule has 0 fully saturated rings. The van der Waals surface area contributed by atoms with Crippen LogP contribution >= 0.6 is 34.8 Å². The Bertz CT molecular complexity index is 480. The smallest absolute Gasteiger partial charge is 0.320 e. The fourth-order valence-corrected chi connectivity index (χ4v) is 2.64. The van der Waals surface area contributed by atoms with Crippen molar-refractivity contribution in [2.45, 2.75) is 44.6 Å². The first-order valence-corrected chi connectivity index (χ1v) is 8.97. The van der Waals surface area contributed by atoms with Gasteiger partial charge in [-0.2, -0.15) is 0 Å². The standard InChI is InChI=1S/C16H23IN2O2S/c17-13-9-7-12(8-10-13)4-3-6-15(22)19-11-2-1-5-14(18)16(20)21/h7-10,14H,1-6,11,18H2,(H,19,22)(H,20,21)/t14-/m0/s1/i17-2. The number of aliphatic carboxylic acids is 1. The second kappa shape index (κ2) is 10.9. The van der Waals surface area contributed by atoms with Crippen LogP contribution in [-0.4, -0.2) is 28.7 Å². The van der Waals surface area contributed by atoms with E-state index in [-0.39, 0.29) is 0 Å². The van der Waals surface area contributed by atoms with Gasteiger partial charge in [-0.05, 0) is 78.8 Å². The summed E-state index contributed by atoms with van der Waals surface area (Å²) in [5.74, 6) is -0.931. The predicted octanol–water partition coefficient (Wildman–Crippen LogP) is 3.11. The average molecular weight is 432 g/mol. The quantitative estimate of drug-likeness (QED) is 0.301. The van der Waals surface area contributed by atoms with Gasteiger partial charge in [-0.15, -0.1) is 0 Å². The number of halogens is 1. The van der Waals surface area contributed by atoms with E-state index in [1.54, 1.807) is 0 Å². The molecule has 0 spiro atoms.